The minimum absolute atomic E-state index is 0.144. The number of nitrogens with zero attached hydrogens (tertiary/aromatic N) is 1. The van der Waals surface area contributed by atoms with Crippen LogP contribution in [0.25, 0.3) is 10.9 Å². The minimum atomic E-state index is 0.144. The van der Waals surface area contributed by atoms with Gasteiger partial charge in [-0.3, -0.25) is 4.79 Å². The lowest BCUT2D eigenvalue weighted by molar-refractivity contribution is -0.129. The third-order valence-electron chi connectivity index (χ3n) is 4.31. The predicted molar refractivity (Wildman–Crippen MR) is 94.3 cm³/mol. The Kier molecular flexibility index (Phi) is 4.47. The number of amides is 1. The van der Waals surface area contributed by atoms with Crippen molar-refractivity contribution in [3.8, 4) is 0 Å². The Balaban J connectivity index is 1.69. The van der Waals surface area contributed by atoms with Gasteiger partial charge in [0.1, 0.15) is 0 Å². The van der Waals surface area contributed by atoms with Gasteiger partial charge >= 0.3 is 0 Å². The summed E-state index contributed by atoms with van der Waals surface area (Å²) in [5.74, 6) is 0.144. The highest BCUT2D eigenvalue weighted by atomic mass is 16.2. The van der Waals surface area contributed by atoms with Gasteiger partial charge in [0.25, 0.3) is 0 Å². The van der Waals surface area contributed by atoms with Gasteiger partial charge in [0, 0.05) is 25.3 Å². The maximum absolute atomic E-state index is 12.5. The number of likely N-dealkylation sites (N-methyl/N-ethyl adjacent to an activating group) is 1. The van der Waals surface area contributed by atoms with E-state index in [1.165, 1.54) is 11.1 Å². The molecule has 0 aliphatic carbocycles. The van der Waals surface area contributed by atoms with Crippen molar-refractivity contribution in [2.45, 2.75) is 26.3 Å². The number of carbonyl (C=O) groups is 1. The van der Waals surface area contributed by atoms with E-state index in [4.69, 9.17) is 0 Å². The molecule has 3 rings (SSSR count). The molecule has 1 aromatic heterocycles. The lowest BCUT2D eigenvalue weighted by Crippen LogP contribution is -2.28. The van der Waals surface area contributed by atoms with E-state index in [1.54, 1.807) is 0 Å². The number of nitrogens with one attached hydrogen (secondary N) is 1. The zero-order valence-electron chi connectivity index (χ0n) is 13.7. The van der Waals surface area contributed by atoms with Gasteiger partial charge in [-0.2, -0.15) is 0 Å². The Labute approximate surface area is 136 Å². The molecule has 1 amide bonds. The number of aryl methyl sites for hydroxylation is 1. The summed E-state index contributed by atoms with van der Waals surface area (Å²) in [5.41, 5.74) is 4.69. The van der Waals surface area contributed by atoms with Gasteiger partial charge in [-0.05, 0) is 46.7 Å². The molecule has 0 saturated heterocycles. The third-order valence-corrected chi connectivity index (χ3v) is 4.31. The number of carbonyl (C=O) groups excluding carboxylic acids is 1. The average Bonchev–Trinajstić information content (AvgIpc) is 3.03. The van der Waals surface area contributed by atoms with Gasteiger partial charge in [-0.15, -0.1) is 0 Å². The Morgan fingerprint density at radius 1 is 1.09 bits per heavy atom. The molecule has 118 valence electrons. The van der Waals surface area contributed by atoms with Crippen molar-refractivity contribution in [3.63, 3.8) is 0 Å². The number of benzene rings is 2. The van der Waals surface area contributed by atoms with Crippen LogP contribution in [0.2, 0.25) is 0 Å². The van der Waals surface area contributed by atoms with Crippen molar-refractivity contribution in [3.05, 3.63) is 71.4 Å². The SMILES string of the molecule is CCc1ccccc1CN(C)C(=O)Cc1ccc2[nH]ccc2c1. The first-order valence-corrected chi connectivity index (χ1v) is 8.04. The monoisotopic (exact) mass is 306 g/mol. The third kappa shape index (κ3) is 3.45. The molecule has 0 aliphatic rings. The second-order valence-electron chi connectivity index (χ2n) is 5.95. The number of rotatable bonds is 5. The summed E-state index contributed by atoms with van der Waals surface area (Å²) in [6.45, 7) is 2.81. The molecular formula is C20H22N2O. The lowest BCUT2D eigenvalue weighted by atomic mass is 10.0. The van der Waals surface area contributed by atoms with Crippen LogP contribution in [-0.2, 0) is 24.2 Å². The Hall–Kier alpha value is -2.55. The van der Waals surface area contributed by atoms with E-state index in [9.17, 15) is 4.79 Å². The highest BCUT2D eigenvalue weighted by molar-refractivity contribution is 5.83. The van der Waals surface area contributed by atoms with Crippen LogP contribution in [0.3, 0.4) is 0 Å². The van der Waals surface area contributed by atoms with Crippen LogP contribution in [0.5, 0.6) is 0 Å². The van der Waals surface area contributed by atoms with Crippen molar-refractivity contribution in [2.75, 3.05) is 7.05 Å². The summed E-state index contributed by atoms with van der Waals surface area (Å²) in [7, 11) is 1.88. The van der Waals surface area contributed by atoms with E-state index in [0.29, 0.717) is 13.0 Å². The van der Waals surface area contributed by atoms with Gasteiger partial charge in [0.05, 0.1) is 6.42 Å². The Morgan fingerprint density at radius 2 is 1.87 bits per heavy atom. The van der Waals surface area contributed by atoms with Crippen molar-refractivity contribution in [1.29, 1.82) is 0 Å². The van der Waals surface area contributed by atoms with Gasteiger partial charge in [-0.1, -0.05) is 37.3 Å². The molecular weight excluding hydrogens is 284 g/mol. The molecule has 23 heavy (non-hydrogen) atoms. The van der Waals surface area contributed by atoms with Crippen molar-refractivity contribution in [1.82, 2.24) is 9.88 Å². The molecule has 1 N–H and O–H groups in total. The standard InChI is InChI=1S/C20H22N2O/c1-3-16-6-4-5-7-18(16)14-22(2)20(23)13-15-8-9-19-17(12-15)10-11-21-19/h4-12,21H,3,13-14H2,1-2H3. The van der Waals surface area contributed by atoms with Gasteiger partial charge < -0.3 is 9.88 Å². The van der Waals surface area contributed by atoms with E-state index in [1.807, 2.05) is 42.4 Å². The second-order valence-corrected chi connectivity index (χ2v) is 5.95. The smallest absolute Gasteiger partial charge is 0.227 e. The van der Waals surface area contributed by atoms with E-state index in [0.717, 1.165) is 22.9 Å². The molecule has 3 nitrogen and oxygen atoms in total. The van der Waals surface area contributed by atoms with Crippen LogP contribution >= 0.6 is 0 Å². The molecule has 3 aromatic rings. The predicted octanol–water partition coefficient (Wildman–Crippen LogP) is 3.93. The first-order chi connectivity index (χ1) is 11.2. The molecule has 0 aliphatic heterocycles. The maximum atomic E-state index is 12.5. The molecule has 0 bridgehead atoms. The minimum Gasteiger partial charge on any atom is -0.361 e. The first-order valence-electron chi connectivity index (χ1n) is 8.04. The number of aromatic nitrogens is 1. The summed E-state index contributed by atoms with van der Waals surface area (Å²) >= 11 is 0. The zero-order chi connectivity index (χ0) is 16.2. The molecule has 0 fully saturated rings. The summed E-state index contributed by atoms with van der Waals surface area (Å²) < 4.78 is 0. The van der Waals surface area contributed by atoms with Crippen LogP contribution in [-0.4, -0.2) is 22.8 Å². The van der Waals surface area contributed by atoms with Crippen molar-refractivity contribution < 1.29 is 4.79 Å². The molecule has 3 heteroatoms. The number of hydrogen-bond donors (Lipinski definition) is 1. The Morgan fingerprint density at radius 3 is 2.65 bits per heavy atom. The van der Waals surface area contributed by atoms with Gasteiger partial charge in [0.2, 0.25) is 5.91 Å². The fourth-order valence-electron chi connectivity index (χ4n) is 2.92. The summed E-state index contributed by atoms with van der Waals surface area (Å²) in [6.07, 6.45) is 3.35. The van der Waals surface area contributed by atoms with Gasteiger partial charge in [0.15, 0.2) is 0 Å². The van der Waals surface area contributed by atoms with Crippen LogP contribution in [0.4, 0.5) is 0 Å². The summed E-state index contributed by atoms with van der Waals surface area (Å²) in [6, 6.07) is 16.5. The molecule has 1 heterocycles. The molecule has 0 spiro atoms. The average molecular weight is 306 g/mol. The normalized spacial score (nSPS) is 10.9. The summed E-state index contributed by atoms with van der Waals surface area (Å²) in [5, 5.41) is 1.15. The number of fused-ring (bicyclic) bond motifs is 1. The van der Waals surface area contributed by atoms with Crippen LogP contribution < -0.4 is 0 Å². The van der Waals surface area contributed by atoms with E-state index in [2.05, 4.69) is 36.2 Å². The van der Waals surface area contributed by atoms with Gasteiger partial charge in [-0.25, -0.2) is 0 Å². The maximum Gasteiger partial charge on any atom is 0.227 e. The van der Waals surface area contributed by atoms with Crippen LogP contribution in [0.1, 0.15) is 23.6 Å². The number of hydrogen-bond acceptors (Lipinski definition) is 1. The fraction of sp³-hybridized carbons (Fsp3) is 0.250. The lowest BCUT2D eigenvalue weighted by Gasteiger charge is -2.19. The molecule has 0 atom stereocenters. The number of H-pyrrole nitrogens is 1. The van der Waals surface area contributed by atoms with Crippen LogP contribution in [0.15, 0.2) is 54.7 Å². The molecule has 0 radical (unpaired) electrons. The molecule has 0 saturated carbocycles. The first kappa shape index (κ1) is 15.3. The van der Waals surface area contributed by atoms with Crippen LogP contribution in [0, 0.1) is 0 Å². The highest BCUT2D eigenvalue weighted by Gasteiger charge is 2.12. The fourth-order valence-corrected chi connectivity index (χ4v) is 2.92. The Bertz CT molecular complexity index is 819. The highest BCUT2D eigenvalue weighted by Crippen LogP contribution is 2.16. The largest absolute Gasteiger partial charge is 0.361 e. The van der Waals surface area contributed by atoms with E-state index >= 15 is 0 Å². The zero-order valence-corrected chi connectivity index (χ0v) is 13.7. The summed E-state index contributed by atoms with van der Waals surface area (Å²) in [4.78, 5) is 17.5. The van der Waals surface area contributed by atoms with Crippen molar-refractivity contribution in [2.24, 2.45) is 0 Å². The molecule has 0 unspecified atom stereocenters. The van der Waals surface area contributed by atoms with E-state index < -0.39 is 0 Å². The van der Waals surface area contributed by atoms with Crippen molar-refractivity contribution >= 4 is 16.8 Å². The van der Waals surface area contributed by atoms with E-state index in [-0.39, 0.29) is 5.91 Å². The topological polar surface area (TPSA) is 36.1 Å². The second kappa shape index (κ2) is 6.69. The molecule has 2 aromatic carbocycles. The number of aromatic amines is 1. The quantitative estimate of drug-likeness (QED) is 0.761.